The molecule has 1 aromatic heterocycles. The number of halogens is 2. The highest BCUT2D eigenvalue weighted by molar-refractivity contribution is 6.30. The maximum absolute atomic E-state index is 13.4. The lowest BCUT2D eigenvalue weighted by Crippen LogP contribution is -2.02. The lowest BCUT2D eigenvalue weighted by atomic mass is 10.1. The Morgan fingerprint density at radius 2 is 2.19 bits per heavy atom. The molecule has 1 aromatic carbocycles. The zero-order chi connectivity index (χ0) is 11.5. The Bertz CT molecular complexity index is 468. The molecule has 1 heterocycles. The molecular formula is C12H10ClFO2. The van der Waals surface area contributed by atoms with Gasteiger partial charge in [-0.3, -0.25) is 0 Å². The van der Waals surface area contributed by atoms with Gasteiger partial charge in [-0.2, -0.15) is 0 Å². The van der Waals surface area contributed by atoms with Crippen LogP contribution in [0.25, 0.3) is 0 Å². The number of benzene rings is 1. The van der Waals surface area contributed by atoms with Crippen LogP contribution in [-0.2, 0) is 6.42 Å². The van der Waals surface area contributed by atoms with E-state index in [1.807, 2.05) is 0 Å². The van der Waals surface area contributed by atoms with E-state index in [4.69, 9.17) is 16.0 Å². The maximum Gasteiger partial charge on any atom is 0.132 e. The number of hydrogen-bond donors (Lipinski definition) is 1. The molecule has 1 unspecified atom stereocenters. The Morgan fingerprint density at radius 3 is 2.81 bits per heavy atom. The van der Waals surface area contributed by atoms with Crippen LogP contribution < -0.4 is 0 Å². The minimum atomic E-state index is -0.842. The average molecular weight is 241 g/mol. The van der Waals surface area contributed by atoms with E-state index in [1.54, 1.807) is 24.3 Å². The van der Waals surface area contributed by atoms with Crippen LogP contribution in [-0.4, -0.2) is 5.11 Å². The summed E-state index contributed by atoms with van der Waals surface area (Å²) in [4.78, 5) is 0. The topological polar surface area (TPSA) is 33.4 Å². The molecule has 16 heavy (non-hydrogen) atoms. The summed E-state index contributed by atoms with van der Waals surface area (Å²) in [5.74, 6) is 0.00690. The second-order valence-electron chi connectivity index (χ2n) is 3.47. The number of hydrogen-bond acceptors (Lipinski definition) is 2. The van der Waals surface area contributed by atoms with Gasteiger partial charge in [-0.1, -0.05) is 17.7 Å². The van der Waals surface area contributed by atoms with Crippen molar-refractivity contribution in [3.05, 3.63) is 58.8 Å². The molecule has 0 amide bonds. The number of aliphatic hydroxyl groups is 1. The summed E-state index contributed by atoms with van der Waals surface area (Å²) < 4.78 is 18.5. The van der Waals surface area contributed by atoms with Crippen LogP contribution in [0.5, 0.6) is 0 Å². The maximum atomic E-state index is 13.4. The Hall–Kier alpha value is -1.32. The molecule has 0 aliphatic rings. The van der Waals surface area contributed by atoms with Crippen molar-refractivity contribution in [2.24, 2.45) is 0 Å². The van der Waals surface area contributed by atoms with E-state index in [-0.39, 0.29) is 6.42 Å². The molecule has 0 radical (unpaired) electrons. The normalized spacial score (nSPS) is 12.7. The molecule has 0 aliphatic carbocycles. The Labute approximate surface area is 97.3 Å². The highest BCUT2D eigenvalue weighted by Gasteiger charge is 2.13. The van der Waals surface area contributed by atoms with Gasteiger partial charge in [0.1, 0.15) is 17.7 Å². The molecule has 0 spiro atoms. The SMILES string of the molecule is OC(Cc1ccc(Cl)cc1F)c1ccco1. The third kappa shape index (κ3) is 2.43. The predicted octanol–water partition coefficient (Wildman–Crippen LogP) is 3.35. The van der Waals surface area contributed by atoms with E-state index in [0.29, 0.717) is 16.3 Å². The first-order chi connectivity index (χ1) is 7.66. The van der Waals surface area contributed by atoms with Gasteiger partial charge in [0.25, 0.3) is 0 Å². The molecule has 0 aliphatic heterocycles. The zero-order valence-corrected chi connectivity index (χ0v) is 9.12. The highest BCUT2D eigenvalue weighted by Crippen LogP contribution is 2.22. The molecule has 0 saturated heterocycles. The fourth-order valence-corrected chi connectivity index (χ4v) is 1.64. The van der Waals surface area contributed by atoms with E-state index in [9.17, 15) is 9.50 Å². The van der Waals surface area contributed by atoms with Gasteiger partial charge < -0.3 is 9.52 Å². The molecule has 0 saturated carbocycles. The van der Waals surface area contributed by atoms with Gasteiger partial charge in [-0.25, -0.2) is 4.39 Å². The second kappa shape index (κ2) is 4.68. The third-order valence-corrected chi connectivity index (χ3v) is 2.54. The lowest BCUT2D eigenvalue weighted by molar-refractivity contribution is 0.149. The average Bonchev–Trinajstić information content (AvgIpc) is 2.75. The first kappa shape index (κ1) is 11.2. The summed E-state index contributed by atoms with van der Waals surface area (Å²) in [6.07, 6.45) is 0.790. The summed E-state index contributed by atoms with van der Waals surface area (Å²) >= 11 is 5.63. The molecule has 2 rings (SSSR count). The summed E-state index contributed by atoms with van der Waals surface area (Å²) in [7, 11) is 0. The van der Waals surface area contributed by atoms with Gasteiger partial charge in [-0.05, 0) is 29.8 Å². The van der Waals surface area contributed by atoms with Gasteiger partial charge in [0, 0.05) is 11.4 Å². The van der Waals surface area contributed by atoms with Crippen molar-refractivity contribution in [3.8, 4) is 0 Å². The van der Waals surface area contributed by atoms with Crippen molar-refractivity contribution in [2.75, 3.05) is 0 Å². The van der Waals surface area contributed by atoms with Crippen molar-refractivity contribution in [3.63, 3.8) is 0 Å². The summed E-state index contributed by atoms with van der Waals surface area (Å²) in [6.45, 7) is 0. The van der Waals surface area contributed by atoms with Gasteiger partial charge in [0.2, 0.25) is 0 Å². The number of rotatable bonds is 3. The minimum absolute atomic E-state index is 0.163. The van der Waals surface area contributed by atoms with Crippen LogP contribution in [0.2, 0.25) is 5.02 Å². The van der Waals surface area contributed by atoms with E-state index in [1.165, 1.54) is 12.3 Å². The molecule has 2 nitrogen and oxygen atoms in total. The van der Waals surface area contributed by atoms with Crippen molar-refractivity contribution in [1.82, 2.24) is 0 Å². The van der Waals surface area contributed by atoms with Crippen molar-refractivity contribution >= 4 is 11.6 Å². The van der Waals surface area contributed by atoms with Crippen molar-refractivity contribution < 1.29 is 13.9 Å². The second-order valence-corrected chi connectivity index (χ2v) is 3.91. The third-order valence-electron chi connectivity index (χ3n) is 2.30. The summed E-state index contributed by atoms with van der Waals surface area (Å²) in [5.41, 5.74) is 0.410. The number of aliphatic hydroxyl groups excluding tert-OH is 1. The summed E-state index contributed by atoms with van der Waals surface area (Å²) in [5, 5.41) is 10.1. The van der Waals surface area contributed by atoms with Gasteiger partial charge in [-0.15, -0.1) is 0 Å². The van der Waals surface area contributed by atoms with E-state index < -0.39 is 11.9 Å². The molecule has 2 aromatic rings. The Balaban J connectivity index is 2.15. The Morgan fingerprint density at radius 1 is 1.38 bits per heavy atom. The van der Waals surface area contributed by atoms with Gasteiger partial charge >= 0.3 is 0 Å². The van der Waals surface area contributed by atoms with E-state index >= 15 is 0 Å². The molecular weight excluding hydrogens is 231 g/mol. The quantitative estimate of drug-likeness (QED) is 0.893. The predicted molar refractivity (Wildman–Crippen MR) is 58.8 cm³/mol. The minimum Gasteiger partial charge on any atom is -0.467 e. The van der Waals surface area contributed by atoms with E-state index in [2.05, 4.69) is 0 Å². The molecule has 4 heteroatoms. The van der Waals surface area contributed by atoms with Crippen LogP contribution in [0, 0.1) is 5.82 Å². The monoisotopic (exact) mass is 240 g/mol. The van der Waals surface area contributed by atoms with Crippen LogP contribution in [0.15, 0.2) is 41.0 Å². The van der Waals surface area contributed by atoms with E-state index in [0.717, 1.165) is 0 Å². The molecule has 84 valence electrons. The van der Waals surface area contributed by atoms with Crippen LogP contribution in [0.4, 0.5) is 4.39 Å². The smallest absolute Gasteiger partial charge is 0.132 e. The van der Waals surface area contributed by atoms with Crippen LogP contribution >= 0.6 is 11.6 Å². The summed E-state index contributed by atoms with van der Waals surface area (Å²) in [6, 6.07) is 7.71. The van der Waals surface area contributed by atoms with Crippen molar-refractivity contribution in [1.29, 1.82) is 0 Å². The standard InChI is InChI=1S/C12H10ClFO2/c13-9-4-3-8(10(14)7-9)6-11(15)12-2-1-5-16-12/h1-5,7,11,15H,6H2. The fraction of sp³-hybridized carbons (Fsp3) is 0.167. The largest absolute Gasteiger partial charge is 0.467 e. The molecule has 1 N–H and O–H groups in total. The Kier molecular flexibility index (Phi) is 3.27. The lowest BCUT2D eigenvalue weighted by Gasteiger charge is -2.08. The first-order valence-corrected chi connectivity index (χ1v) is 5.20. The fourth-order valence-electron chi connectivity index (χ4n) is 1.48. The van der Waals surface area contributed by atoms with Crippen LogP contribution in [0.3, 0.4) is 0 Å². The highest BCUT2D eigenvalue weighted by atomic mass is 35.5. The van der Waals surface area contributed by atoms with Gasteiger partial charge in [0.05, 0.1) is 6.26 Å². The number of furan rings is 1. The van der Waals surface area contributed by atoms with Gasteiger partial charge in [0.15, 0.2) is 0 Å². The van der Waals surface area contributed by atoms with Crippen LogP contribution in [0.1, 0.15) is 17.4 Å². The molecule has 0 bridgehead atoms. The van der Waals surface area contributed by atoms with Crippen molar-refractivity contribution in [2.45, 2.75) is 12.5 Å². The first-order valence-electron chi connectivity index (χ1n) is 4.82. The molecule has 1 atom stereocenters. The zero-order valence-electron chi connectivity index (χ0n) is 8.36. The molecule has 0 fully saturated rings.